The number of carbonyl (C=O) groups is 1. The highest BCUT2D eigenvalue weighted by Gasteiger charge is 2.31. The molecule has 3 heterocycles. The Kier molecular flexibility index (Phi) is 7.58. The third-order valence-electron chi connectivity index (χ3n) is 6.04. The molecule has 0 saturated carbocycles. The van der Waals surface area contributed by atoms with E-state index in [-0.39, 0.29) is 41.4 Å². The Morgan fingerprint density at radius 3 is 2.61 bits per heavy atom. The summed E-state index contributed by atoms with van der Waals surface area (Å²) >= 11 is 0. The van der Waals surface area contributed by atoms with Gasteiger partial charge in [-0.05, 0) is 62.5 Å². The molecule has 1 N–H and O–H groups in total. The third kappa shape index (κ3) is 6.39. The number of carbonyl (C=O) groups excluding carboxylic acids is 1. The van der Waals surface area contributed by atoms with Gasteiger partial charge in [0.25, 0.3) is 5.91 Å². The molecule has 0 spiro atoms. The van der Waals surface area contributed by atoms with Gasteiger partial charge in [0.2, 0.25) is 0 Å². The van der Waals surface area contributed by atoms with Crippen LogP contribution in [0.4, 0.5) is 22.0 Å². The molecule has 3 aromatic rings. The van der Waals surface area contributed by atoms with Gasteiger partial charge >= 0.3 is 6.18 Å². The van der Waals surface area contributed by atoms with E-state index in [1.807, 2.05) is 7.05 Å². The van der Waals surface area contributed by atoms with Crippen LogP contribution in [0.5, 0.6) is 0 Å². The molecular weight excluding hydrogens is 481 g/mol. The maximum absolute atomic E-state index is 14.1. The molecule has 6 nitrogen and oxygen atoms in total. The van der Waals surface area contributed by atoms with Crippen molar-refractivity contribution >= 4 is 5.91 Å². The second kappa shape index (κ2) is 10.7. The van der Waals surface area contributed by atoms with Crippen molar-refractivity contribution in [3.05, 3.63) is 76.9 Å². The molecule has 1 atom stereocenters. The lowest BCUT2D eigenvalue weighted by molar-refractivity contribution is -0.137. The summed E-state index contributed by atoms with van der Waals surface area (Å²) in [6.45, 7) is 2.22. The van der Waals surface area contributed by atoms with Gasteiger partial charge in [-0.25, -0.2) is 18.7 Å². The van der Waals surface area contributed by atoms with E-state index in [1.165, 1.54) is 18.3 Å². The molecule has 1 aliphatic rings. The van der Waals surface area contributed by atoms with Crippen LogP contribution in [-0.2, 0) is 19.0 Å². The van der Waals surface area contributed by atoms with Crippen molar-refractivity contribution in [2.45, 2.75) is 25.4 Å². The van der Waals surface area contributed by atoms with E-state index >= 15 is 0 Å². The van der Waals surface area contributed by atoms with Crippen molar-refractivity contribution in [1.82, 2.24) is 25.2 Å². The first-order valence-corrected chi connectivity index (χ1v) is 11.4. The fourth-order valence-corrected chi connectivity index (χ4v) is 4.10. The number of aromatic nitrogens is 3. The number of halogens is 5. The molecule has 11 heteroatoms. The van der Waals surface area contributed by atoms with E-state index in [0.717, 1.165) is 37.7 Å². The molecule has 1 fully saturated rings. The summed E-state index contributed by atoms with van der Waals surface area (Å²) in [6.07, 6.45) is -1.51. The molecule has 1 aliphatic heterocycles. The first-order valence-electron chi connectivity index (χ1n) is 11.4. The number of hydrogen-bond acceptors (Lipinski definition) is 5. The summed E-state index contributed by atoms with van der Waals surface area (Å²) in [6, 6.07) is 5.52. The molecule has 1 amide bonds. The number of amides is 1. The minimum Gasteiger partial charge on any atom is -0.350 e. The molecule has 4 rings (SSSR count). The van der Waals surface area contributed by atoms with Gasteiger partial charge in [0.1, 0.15) is 17.3 Å². The quantitative estimate of drug-likeness (QED) is 0.485. The van der Waals surface area contributed by atoms with Crippen LogP contribution >= 0.6 is 0 Å². The van der Waals surface area contributed by atoms with Crippen molar-refractivity contribution in [2.75, 3.05) is 26.7 Å². The van der Waals surface area contributed by atoms with Crippen LogP contribution in [0.15, 0.2) is 42.7 Å². The lowest BCUT2D eigenvalue weighted by Gasteiger charge is -2.13. The van der Waals surface area contributed by atoms with Crippen molar-refractivity contribution < 1.29 is 26.7 Å². The van der Waals surface area contributed by atoms with Crippen LogP contribution in [-0.4, -0.2) is 52.4 Å². The Morgan fingerprint density at radius 1 is 1.11 bits per heavy atom. The summed E-state index contributed by atoms with van der Waals surface area (Å²) in [4.78, 5) is 27.2. The summed E-state index contributed by atoms with van der Waals surface area (Å²) < 4.78 is 66.9. The standard InChI is InChI=1S/C25H24F5N5O/c1-35-7-6-15(14-35)11-32-24(36)22-10-20(5-3-16-2-4-19(26)9-21(16)27)33-23(34-22)17-8-18(13-31-12-17)25(28,29)30/h2,4,8-10,12-13,15H,3,5-7,11,14H2,1H3,(H,32,36). The van der Waals surface area contributed by atoms with Crippen LogP contribution in [0, 0.1) is 17.6 Å². The number of benzene rings is 1. The predicted octanol–water partition coefficient (Wildman–Crippen LogP) is 4.30. The average Bonchev–Trinajstić information content (AvgIpc) is 3.26. The Morgan fingerprint density at radius 2 is 1.92 bits per heavy atom. The minimum atomic E-state index is -4.62. The highest BCUT2D eigenvalue weighted by atomic mass is 19.4. The number of nitrogens with one attached hydrogen (secondary N) is 1. The largest absolute Gasteiger partial charge is 0.417 e. The summed E-state index contributed by atoms with van der Waals surface area (Å²) in [5.74, 6) is -1.72. The van der Waals surface area contributed by atoms with E-state index in [4.69, 9.17) is 0 Å². The van der Waals surface area contributed by atoms with E-state index < -0.39 is 29.3 Å². The van der Waals surface area contributed by atoms with Crippen molar-refractivity contribution in [1.29, 1.82) is 0 Å². The molecule has 190 valence electrons. The Labute approximate surface area is 204 Å². The number of aryl methyl sites for hydroxylation is 2. The minimum absolute atomic E-state index is 0.00824. The number of pyridine rings is 1. The van der Waals surface area contributed by atoms with Crippen LogP contribution in [0.2, 0.25) is 0 Å². The first-order chi connectivity index (χ1) is 17.1. The molecule has 2 aromatic heterocycles. The summed E-state index contributed by atoms with van der Waals surface area (Å²) in [7, 11) is 2.00. The van der Waals surface area contributed by atoms with E-state index in [9.17, 15) is 26.7 Å². The normalized spacial score (nSPS) is 16.3. The molecule has 36 heavy (non-hydrogen) atoms. The van der Waals surface area contributed by atoms with Crippen molar-refractivity contribution in [2.24, 2.45) is 5.92 Å². The lowest BCUT2D eigenvalue weighted by atomic mass is 10.1. The van der Waals surface area contributed by atoms with E-state index in [2.05, 4.69) is 25.2 Å². The smallest absolute Gasteiger partial charge is 0.350 e. The molecule has 0 radical (unpaired) electrons. The monoisotopic (exact) mass is 505 g/mol. The fraction of sp³-hybridized carbons (Fsp3) is 0.360. The van der Waals surface area contributed by atoms with Crippen LogP contribution in [0.3, 0.4) is 0 Å². The maximum atomic E-state index is 14.1. The highest BCUT2D eigenvalue weighted by Crippen LogP contribution is 2.31. The molecule has 1 saturated heterocycles. The van der Waals surface area contributed by atoms with Crippen LogP contribution in [0.25, 0.3) is 11.4 Å². The second-order valence-electron chi connectivity index (χ2n) is 8.89. The topological polar surface area (TPSA) is 71.0 Å². The molecule has 1 aromatic carbocycles. The zero-order valence-electron chi connectivity index (χ0n) is 19.4. The zero-order chi connectivity index (χ0) is 25.9. The van der Waals surface area contributed by atoms with Gasteiger partial charge in [-0.3, -0.25) is 9.78 Å². The molecular formula is C25H24F5N5O. The van der Waals surface area contributed by atoms with Gasteiger partial charge in [0.05, 0.1) is 5.56 Å². The lowest BCUT2D eigenvalue weighted by Crippen LogP contribution is -2.31. The predicted molar refractivity (Wildman–Crippen MR) is 122 cm³/mol. The van der Waals surface area contributed by atoms with Gasteiger partial charge in [-0.15, -0.1) is 0 Å². The van der Waals surface area contributed by atoms with Crippen LogP contribution in [0.1, 0.15) is 33.7 Å². The zero-order valence-corrected chi connectivity index (χ0v) is 19.4. The van der Waals surface area contributed by atoms with Crippen molar-refractivity contribution in [3.63, 3.8) is 0 Å². The maximum Gasteiger partial charge on any atom is 0.417 e. The van der Waals surface area contributed by atoms with E-state index in [0.29, 0.717) is 18.4 Å². The molecule has 0 bridgehead atoms. The summed E-state index contributed by atoms with van der Waals surface area (Å²) in [5, 5.41) is 2.84. The second-order valence-corrected chi connectivity index (χ2v) is 8.89. The Bertz CT molecular complexity index is 1250. The molecule has 0 aliphatic carbocycles. The number of alkyl halides is 3. The Balaban J connectivity index is 1.61. The third-order valence-corrected chi connectivity index (χ3v) is 6.04. The summed E-state index contributed by atoms with van der Waals surface area (Å²) in [5.41, 5.74) is -0.427. The van der Waals surface area contributed by atoms with Gasteiger partial charge in [-0.2, -0.15) is 13.2 Å². The number of hydrogen-bond donors (Lipinski definition) is 1. The highest BCUT2D eigenvalue weighted by molar-refractivity contribution is 5.92. The van der Waals surface area contributed by atoms with Gasteiger partial charge in [-0.1, -0.05) is 6.07 Å². The van der Waals surface area contributed by atoms with Gasteiger partial charge in [0.15, 0.2) is 5.82 Å². The van der Waals surface area contributed by atoms with E-state index in [1.54, 1.807) is 0 Å². The first kappa shape index (κ1) is 25.6. The number of nitrogens with zero attached hydrogens (tertiary/aromatic N) is 4. The van der Waals surface area contributed by atoms with Gasteiger partial charge in [0, 0.05) is 42.8 Å². The Hall–Kier alpha value is -3.47. The van der Waals surface area contributed by atoms with Gasteiger partial charge < -0.3 is 10.2 Å². The van der Waals surface area contributed by atoms with Crippen LogP contribution < -0.4 is 5.32 Å². The van der Waals surface area contributed by atoms with Crippen molar-refractivity contribution in [3.8, 4) is 11.4 Å². The molecule has 1 unspecified atom stereocenters. The number of rotatable bonds is 7. The average molecular weight is 505 g/mol. The number of likely N-dealkylation sites (tertiary alicyclic amines) is 1. The SMILES string of the molecule is CN1CCC(CNC(=O)c2cc(CCc3ccc(F)cc3F)nc(-c3cncc(C(F)(F)F)c3)n2)C1. The fourth-order valence-electron chi connectivity index (χ4n) is 4.10.